The Morgan fingerprint density at radius 3 is 2.60 bits per heavy atom. The van der Waals surface area contributed by atoms with E-state index in [1.807, 2.05) is 25.5 Å². The number of carbonyl (C=O) groups is 1. The Labute approximate surface area is 207 Å². The topological polar surface area (TPSA) is 69.5 Å². The van der Waals surface area contributed by atoms with Gasteiger partial charge in [-0.1, -0.05) is 19.9 Å². The quantitative estimate of drug-likeness (QED) is 0.449. The molecule has 1 N–H and O–H groups in total. The zero-order valence-electron chi connectivity index (χ0n) is 21.7. The molecular formula is C28H36N6O. The summed E-state index contributed by atoms with van der Waals surface area (Å²) in [7, 11) is 3.66. The van der Waals surface area contributed by atoms with Gasteiger partial charge in [0.15, 0.2) is 5.65 Å². The molecule has 1 aromatic carbocycles. The molecule has 1 fully saturated rings. The SMILES string of the molecule is Cc1nc2cc(C)c(-c3[nH]c4ccc(C5CCN(CC(=O)N(C)C)CC5)cc4c3C(C)C)cn2n1. The van der Waals surface area contributed by atoms with Crippen molar-refractivity contribution in [3.8, 4) is 11.3 Å². The number of pyridine rings is 1. The highest BCUT2D eigenvalue weighted by atomic mass is 16.2. The number of fused-ring (bicyclic) bond motifs is 2. The normalized spacial score (nSPS) is 15.5. The number of H-pyrrole nitrogens is 1. The summed E-state index contributed by atoms with van der Waals surface area (Å²) in [5.74, 6) is 1.87. The van der Waals surface area contributed by atoms with E-state index in [1.54, 1.807) is 4.90 Å². The van der Waals surface area contributed by atoms with Crippen molar-refractivity contribution in [1.82, 2.24) is 29.4 Å². The minimum absolute atomic E-state index is 0.181. The predicted molar refractivity (Wildman–Crippen MR) is 141 cm³/mol. The Bertz CT molecular complexity index is 1390. The molecular weight excluding hydrogens is 436 g/mol. The van der Waals surface area contributed by atoms with Crippen LogP contribution < -0.4 is 0 Å². The summed E-state index contributed by atoms with van der Waals surface area (Å²) in [5.41, 5.74) is 8.36. The number of likely N-dealkylation sites (tertiary alicyclic amines) is 1. The number of hydrogen-bond donors (Lipinski definition) is 1. The maximum absolute atomic E-state index is 12.1. The largest absolute Gasteiger partial charge is 0.354 e. The van der Waals surface area contributed by atoms with Crippen LogP contribution >= 0.6 is 0 Å². The molecule has 1 amide bonds. The van der Waals surface area contributed by atoms with Crippen molar-refractivity contribution >= 4 is 22.5 Å². The van der Waals surface area contributed by atoms with Crippen LogP contribution in [-0.4, -0.2) is 69.0 Å². The van der Waals surface area contributed by atoms with Crippen LogP contribution in [0.15, 0.2) is 30.5 Å². The van der Waals surface area contributed by atoms with Crippen LogP contribution in [0, 0.1) is 13.8 Å². The number of carbonyl (C=O) groups excluding carboxylic acids is 1. The lowest BCUT2D eigenvalue weighted by molar-refractivity contribution is -0.130. The van der Waals surface area contributed by atoms with E-state index in [4.69, 9.17) is 0 Å². The van der Waals surface area contributed by atoms with Gasteiger partial charge in [-0.05, 0) is 86.5 Å². The fourth-order valence-corrected chi connectivity index (χ4v) is 5.45. The second kappa shape index (κ2) is 9.11. The molecule has 4 aromatic rings. The average Bonchev–Trinajstić information content (AvgIpc) is 3.37. The van der Waals surface area contributed by atoms with Crippen LogP contribution in [0.5, 0.6) is 0 Å². The van der Waals surface area contributed by atoms with Gasteiger partial charge in [-0.25, -0.2) is 9.50 Å². The van der Waals surface area contributed by atoms with Crippen molar-refractivity contribution in [1.29, 1.82) is 0 Å². The summed E-state index contributed by atoms with van der Waals surface area (Å²) in [6.07, 6.45) is 4.27. The maximum atomic E-state index is 12.1. The number of nitrogens with zero attached hydrogens (tertiary/aromatic N) is 5. The Morgan fingerprint density at radius 2 is 1.91 bits per heavy atom. The van der Waals surface area contributed by atoms with E-state index in [-0.39, 0.29) is 5.91 Å². The maximum Gasteiger partial charge on any atom is 0.236 e. The zero-order chi connectivity index (χ0) is 24.9. The van der Waals surface area contributed by atoms with Crippen LogP contribution in [0.2, 0.25) is 0 Å². The highest BCUT2D eigenvalue weighted by molar-refractivity contribution is 5.92. The van der Waals surface area contributed by atoms with Gasteiger partial charge in [0.2, 0.25) is 5.91 Å². The third kappa shape index (κ3) is 4.45. The van der Waals surface area contributed by atoms with Crippen molar-refractivity contribution < 1.29 is 4.79 Å². The molecule has 1 aliphatic rings. The van der Waals surface area contributed by atoms with E-state index < -0.39 is 0 Å². The van der Waals surface area contributed by atoms with Crippen molar-refractivity contribution in [3.05, 3.63) is 53.0 Å². The van der Waals surface area contributed by atoms with Crippen molar-refractivity contribution in [2.24, 2.45) is 0 Å². The summed E-state index contributed by atoms with van der Waals surface area (Å²) in [4.78, 5) is 24.3. The molecule has 1 aliphatic heterocycles. The second-order valence-corrected chi connectivity index (χ2v) is 10.5. The lowest BCUT2D eigenvalue weighted by Crippen LogP contribution is -2.40. The van der Waals surface area contributed by atoms with Gasteiger partial charge in [0.1, 0.15) is 5.82 Å². The van der Waals surface area contributed by atoms with E-state index in [0.29, 0.717) is 18.4 Å². The standard InChI is InChI=1S/C28H36N6O/c1-17(2)27-22-14-21(20-9-11-33(12-10-20)16-26(35)32(5)6)7-8-24(22)30-28(27)23-15-34-25(13-18(23)3)29-19(4)31-34/h7-8,13-15,17,20,30H,9-12,16H2,1-6H3. The Hall–Kier alpha value is -3.19. The van der Waals surface area contributed by atoms with Gasteiger partial charge in [-0.2, -0.15) is 5.10 Å². The van der Waals surface area contributed by atoms with Crippen LogP contribution in [0.25, 0.3) is 27.8 Å². The number of aromatic amines is 1. The highest BCUT2D eigenvalue weighted by Gasteiger charge is 2.24. The molecule has 0 aliphatic carbocycles. The first kappa shape index (κ1) is 23.5. The molecule has 5 rings (SSSR count). The lowest BCUT2D eigenvalue weighted by atomic mass is 9.87. The molecule has 0 bridgehead atoms. The van der Waals surface area contributed by atoms with Crippen LogP contribution in [0.3, 0.4) is 0 Å². The summed E-state index contributed by atoms with van der Waals surface area (Å²) in [5, 5.41) is 5.85. The number of amides is 1. The lowest BCUT2D eigenvalue weighted by Gasteiger charge is -2.32. The molecule has 1 saturated heterocycles. The summed E-state index contributed by atoms with van der Waals surface area (Å²) in [6, 6.07) is 9.05. The number of rotatable bonds is 5. The molecule has 0 radical (unpaired) electrons. The summed E-state index contributed by atoms with van der Waals surface area (Å²) >= 11 is 0. The fraction of sp³-hybridized carbons (Fsp3) is 0.464. The predicted octanol–water partition coefficient (Wildman–Crippen LogP) is 4.89. The molecule has 7 nitrogen and oxygen atoms in total. The van der Waals surface area contributed by atoms with E-state index in [2.05, 4.69) is 71.2 Å². The van der Waals surface area contributed by atoms with E-state index in [9.17, 15) is 4.79 Å². The number of piperidine rings is 1. The minimum atomic E-state index is 0.181. The molecule has 3 aromatic heterocycles. The first-order valence-corrected chi connectivity index (χ1v) is 12.6. The molecule has 4 heterocycles. The van der Waals surface area contributed by atoms with Crippen LogP contribution in [0.1, 0.15) is 61.0 Å². The molecule has 35 heavy (non-hydrogen) atoms. The Kier molecular flexibility index (Phi) is 6.13. The molecule has 0 spiro atoms. The van der Waals surface area contributed by atoms with Crippen LogP contribution in [0.4, 0.5) is 0 Å². The highest BCUT2D eigenvalue weighted by Crippen LogP contribution is 2.39. The first-order chi connectivity index (χ1) is 16.7. The van der Waals surface area contributed by atoms with Gasteiger partial charge in [0.05, 0.1) is 12.2 Å². The smallest absolute Gasteiger partial charge is 0.236 e. The van der Waals surface area contributed by atoms with E-state index in [1.165, 1.54) is 38.9 Å². The minimum Gasteiger partial charge on any atom is -0.354 e. The van der Waals surface area contributed by atoms with Crippen molar-refractivity contribution in [2.75, 3.05) is 33.7 Å². The summed E-state index contributed by atoms with van der Waals surface area (Å²) < 4.78 is 1.88. The van der Waals surface area contributed by atoms with Gasteiger partial charge in [0, 0.05) is 36.8 Å². The number of aromatic nitrogens is 4. The summed E-state index contributed by atoms with van der Waals surface area (Å²) in [6.45, 7) is 11.1. The van der Waals surface area contributed by atoms with Crippen molar-refractivity contribution in [3.63, 3.8) is 0 Å². The Balaban J connectivity index is 1.47. The number of nitrogens with one attached hydrogen (secondary N) is 1. The van der Waals surface area contributed by atoms with E-state index in [0.717, 1.165) is 37.4 Å². The van der Waals surface area contributed by atoms with Gasteiger partial charge < -0.3 is 9.88 Å². The second-order valence-electron chi connectivity index (χ2n) is 10.5. The van der Waals surface area contributed by atoms with Crippen LogP contribution in [-0.2, 0) is 4.79 Å². The number of hydrogen-bond acceptors (Lipinski definition) is 4. The van der Waals surface area contributed by atoms with Gasteiger partial charge in [0.25, 0.3) is 0 Å². The first-order valence-electron chi connectivity index (χ1n) is 12.6. The molecule has 7 heteroatoms. The third-order valence-corrected chi connectivity index (χ3v) is 7.41. The molecule has 0 unspecified atom stereocenters. The van der Waals surface area contributed by atoms with Crippen molar-refractivity contribution in [2.45, 2.75) is 52.4 Å². The van der Waals surface area contributed by atoms with Gasteiger partial charge in [-0.3, -0.25) is 9.69 Å². The number of aryl methyl sites for hydroxylation is 2. The monoisotopic (exact) mass is 472 g/mol. The molecule has 0 saturated carbocycles. The van der Waals surface area contributed by atoms with E-state index >= 15 is 0 Å². The van der Waals surface area contributed by atoms with Gasteiger partial charge in [-0.15, -0.1) is 0 Å². The zero-order valence-corrected chi connectivity index (χ0v) is 21.7. The third-order valence-electron chi connectivity index (χ3n) is 7.41. The average molecular weight is 473 g/mol. The fourth-order valence-electron chi connectivity index (χ4n) is 5.45. The Morgan fingerprint density at radius 1 is 1.17 bits per heavy atom. The van der Waals surface area contributed by atoms with Gasteiger partial charge >= 0.3 is 0 Å². The number of likely N-dealkylation sites (N-methyl/N-ethyl adjacent to an activating group) is 1. The molecule has 184 valence electrons. The molecule has 0 atom stereocenters. The number of benzene rings is 1.